The number of piperazine rings is 1. The molecule has 0 bridgehead atoms. The first kappa shape index (κ1) is 18.8. The lowest BCUT2D eigenvalue weighted by Crippen LogP contribution is -2.51. The van der Waals surface area contributed by atoms with E-state index in [-0.39, 0.29) is 24.3 Å². The van der Waals surface area contributed by atoms with Crippen molar-refractivity contribution in [3.63, 3.8) is 0 Å². The van der Waals surface area contributed by atoms with Crippen LogP contribution in [0.2, 0.25) is 0 Å². The third-order valence-electron chi connectivity index (χ3n) is 4.12. The molecule has 0 atom stereocenters. The molecule has 1 fully saturated rings. The first-order chi connectivity index (χ1) is 12.0. The molecule has 7 heteroatoms. The first-order valence-electron chi connectivity index (χ1n) is 8.61. The number of amides is 3. The van der Waals surface area contributed by atoms with Crippen molar-refractivity contribution in [3.05, 3.63) is 29.8 Å². The van der Waals surface area contributed by atoms with E-state index in [1.54, 1.807) is 16.7 Å². The van der Waals surface area contributed by atoms with Gasteiger partial charge >= 0.3 is 6.09 Å². The summed E-state index contributed by atoms with van der Waals surface area (Å²) >= 11 is 0. The van der Waals surface area contributed by atoms with Gasteiger partial charge < -0.3 is 19.9 Å². The molecule has 1 aliphatic heterocycles. The Labute approximate surface area is 147 Å². The molecule has 1 aliphatic rings. The van der Waals surface area contributed by atoms with Gasteiger partial charge in [-0.25, -0.2) is 4.79 Å². The molecule has 0 spiro atoms. The fourth-order valence-electron chi connectivity index (χ4n) is 2.63. The Morgan fingerprint density at radius 2 is 1.60 bits per heavy atom. The fourth-order valence-corrected chi connectivity index (χ4v) is 2.63. The van der Waals surface area contributed by atoms with Gasteiger partial charge in [0.1, 0.15) is 6.42 Å². The van der Waals surface area contributed by atoms with Gasteiger partial charge in [-0.2, -0.15) is 0 Å². The van der Waals surface area contributed by atoms with Gasteiger partial charge in [0, 0.05) is 31.9 Å². The van der Waals surface area contributed by atoms with Crippen LogP contribution in [-0.4, -0.2) is 60.5 Å². The monoisotopic (exact) mass is 347 g/mol. The van der Waals surface area contributed by atoms with E-state index in [1.807, 2.05) is 24.3 Å². The van der Waals surface area contributed by atoms with Crippen LogP contribution in [0.4, 0.5) is 10.5 Å². The third-order valence-corrected chi connectivity index (χ3v) is 4.12. The highest BCUT2D eigenvalue weighted by Crippen LogP contribution is 2.11. The normalized spacial score (nSPS) is 14.2. The van der Waals surface area contributed by atoms with E-state index < -0.39 is 0 Å². The van der Waals surface area contributed by atoms with Crippen LogP contribution in [-0.2, 0) is 20.7 Å². The number of benzene rings is 1. The lowest BCUT2D eigenvalue weighted by molar-refractivity contribution is -0.135. The highest BCUT2D eigenvalue weighted by atomic mass is 16.6. The Balaban J connectivity index is 1.77. The number of hydrogen-bond donors (Lipinski definition) is 1. The van der Waals surface area contributed by atoms with E-state index in [2.05, 4.69) is 12.2 Å². The highest BCUT2D eigenvalue weighted by Gasteiger charge is 2.25. The quantitative estimate of drug-likeness (QED) is 0.825. The minimum Gasteiger partial charge on any atom is -0.450 e. The van der Waals surface area contributed by atoms with E-state index >= 15 is 0 Å². The van der Waals surface area contributed by atoms with Crippen molar-refractivity contribution < 1.29 is 19.1 Å². The maximum absolute atomic E-state index is 12.2. The first-order valence-corrected chi connectivity index (χ1v) is 8.61. The summed E-state index contributed by atoms with van der Waals surface area (Å²) < 4.78 is 4.94. The second kappa shape index (κ2) is 9.05. The van der Waals surface area contributed by atoms with Gasteiger partial charge in [-0.1, -0.05) is 19.1 Å². The molecule has 2 rings (SSSR count). The number of nitrogens with one attached hydrogen (secondary N) is 1. The third kappa shape index (κ3) is 5.48. The summed E-state index contributed by atoms with van der Waals surface area (Å²) in [4.78, 5) is 39.1. The molecule has 7 nitrogen and oxygen atoms in total. The summed E-state index contributed by atoms with van der Waals surface area (Å²) in [6, 6.07) is 7.57. The van der Waals surface area contributed by atoms with Crippen LogP contribution in [0.1, 0.15) is 25.8 Å². The van der Waals surface area contributed by atoms with Crippen molar-refractivity contribution in [2.45, 2.75) is 26.7 Å². The average Bonchev–Trinajstić information content (AvgIpc) is 2.62. The molecular formula is C18H25N3O4. The fraction of sp³-hybridized carbons (Fsp3) is 0.500. The topological polar surface area (TPSA) is 79.0 Å². The van der Waals surface area contributed by atoms with Crippen LogP contribution in [0.5, 0.6) is 0 Å². The summed E-state index contributed by atoms with van der Waals surface area (Å²) in [5.41, 5.74) is 1.87. The molecule has 1 saturated heterocycles. The maximum Gasteiger partial charge on any atom is 0.409 e. The van der Waals surface area contributed by atoms with Crippen LogP contribution in [0.15, 0.2) is 24.3 Å². The van der Waals surface area contributed by atoms with E-state index in [0.717, 1.165) is 6.42 Å². The summed E-state index contributed by atoms with van der Waals surface area (Å²) in [5.74, 6) is -0.562. The maximum atomic E-state index is 12.2. The van der Waals surface area contributed by atoms with Crippen LogP contribution in [0, 0.1) is 0 Å². The zero-order valence-electron chi connectivity index (χ0n) is 14.8. The number of aryl methyl sites for hydroxylation is 1. The molecule has 0 radical (unpaired) electrons. The Kier molecular flexibility index (Phi) is 6.80. The largest absolute Gasteiger partial charge is 0.450 e. The lowest BCUT2D eigenvalue weighted by atomic mass is 10.1. The second-order valence-electron chi connectivity index (χ2n) is 5.84. The summed E-state index contributed by atoms with van der Waals surface area (Å²) in [6.45, 7) is 5.82. The molecule has 0 aliphatic carbocycles. The summed E-state index contributed by atoms with van der Waals surface area (Å²) in [6.07, 6.45) is 0.377. The van der Waals surface area contributed by atoms with Gasteiger partial charge in [0.15, 0.2) is 0 Å². The van der Waals surface area contributed by atoms with Crippen molar-refractivity contribution in [2.24, 2.45) is 0 Å². The molecule has 136 valence electrons. The lowest BCUT2D eigenvalue weighted by Gasteiger charge is -2.34. The minimum atomic E-state index is -0.358. The van der Waals surface area contributed by atoms with Crippen molar-refractivity contribution in [3.8, 4) is 0 Å². The highest BCUT2D eigenvalue weighted by molar-refractivity contribution is 6.03. The molecular weight excluding hydrogens is 322 g/mol. The van der Waals surface area contributed by atoms with Crippen LogP contribution < -0.4 is 5.32 Å². The predicted molar refractivity (Wildman–Crippen MR) is 94.2 cm³/mol. The van der Waals surface area contributed by atoms with Gasteiger partial charge in [-0.05, 0) is 31.0 Å². The van der Waals surface area contributed by atoms with E-state index in [1.165, 1.54) is 5.56 Å². The number of anilines is 1. The van der Waals surface area contributed by atoms with Gasteiger partial charge in [0.25, 0.3) is 0 Å². The zero-order valence-corrected chi connectivity index (χ0v) is 14.8. The second-order valence-corrected chi connectivity index (χ2v) is 5.84. The number of carbonyl (C=O) groups is 3. The Bertz CT molecular complexity index is 607. The number of nitrogens with zero attached hydrogens (tertiary/aromatic N) is 2. The smallest absolute Gasteiger partial charge is 0.409 e. The van der Waals surface area contributed by atoms with Gasteiger partial charge in [-0.3, -0.25) is 9.59 Å². The van der Waals surface area contributed by atoms with Gasteiger partial charge in [0.2, 0.25) is 11.8 Å². The van der Waals surface area contributed by atoms with Crippen LogP contribution in [0.3, 0.4) is 0 Å². The SMILES string of the molecule is CCOC(=O)N1CCN(C(=O)CC(=O)Nc2ccc(CC)cc2)CC1. The summed E-state index contributed by atoms with van der Waals surface area (Å²) in [7, 11) is 0. The molecule has 1 heterocycles. The van der Waals surface area contributed by atoms with E-state index in [0.29, 0.717) is 38.5 Å². The number of rotatable bonds is 5. The zero-order chi connectivity index (χ0) is 18.2. The van der Waals surface area contributed by atoms with Crippen molar-refractivity contribution >= 4 is 23.6 Å². The number of ether oxygens (including phenoxy) is 1. The Hall–Kier alpha value is -2.57. The molecule has 1 N–H and O–H groups in total. The van der Waals surface area contributed by atoms with Gasteiger partial charge in [0.05, 0.1) is 6.61 Å². The average molecular weight is 347 g/mol. The minimum absolute atomic E-state index is 0.199. The standard InChI is InChI=1S/C18H25N3O4/c1-3-14-5-7-15(8-6-14)19-16(22)13-17(23)20-9-11-21(12-10-20)18(24)25-4-2/h5-8H,3-4,9-13H2,1-2H3,(H,19,22). The summed E-state index contributed by atoms with van der Waals surface area (Å²) in [5, 5.41) is 2.74. The van der Waals surface area contributed by atoms with Crippen LogP contribution >= 0.6 is 0 Å². The van der Waals surface area contributed by atoms with Crippen molar-refractivity contribution in [1.82, 2.24) is 9.80 Å². The molecule has 3 amide bonds. The van der Waals surface area contributed by atoms with Crippen molar-refractivity contribution in [2.75, 3.05) is 38.1 Å². The van der Waals surface area contributed by atoms with Crippen LogP contribution in [0.25, 0.3) is 0 Å². The van der Waals surface area contributed by atoms with Crippen molar-refractivity contribution in [1.29, 1.82) is 0 Å². The number of hydrogen-bond acceptors (Lipinski definition) is 4. The Morgan fingerprint density at radius 1 is 1.00 bits per heavy atom. The van der Waals surface area contributed by atoms with E-state index in [9.17, 15) is 14.4 Å². The molecule has 0 unspecified atom stereocenters. The molecule has 1 aromatic carbocycles. The number of carbonyl (C=O) groups excluding carboxylic acids is 3. The molecule has 25 heavy (non-hydrogen) atoms. The van der Waals surface area contributed by atoms with Gasteiger partial charge in [-0.15, -0.1) is 0 Å². The molecule has 1 aromatic rings. The predicted octanol–water partition coefficient (Wildman–Crippen LogP) is 1.88. The Morgan fingerprint density at radius 3 is 2.16 bits per heavy atom. The molecule has 0 aromatic heterocycles. The molecule has 0 saturated carbocycles. The van der Waals surface area contributed by atoms with E-state index in [4.69, 9.17) is 4.74 Å².